The van der Waals surface area contributed by atoms with Crippen LogP contribution in [0.3, 0.4) is 0 Å². The second kappa shape index (κ2) is 8.24. The van der Waals surface area contributed by atoms with Crippen molar-refractivity contribution in [2.24, 2.45) is 0 Å². The van der Waals surface area contributed by atoms with Crippen molar-refractivity contribution < 1.29 is 0 Å². The van der Waals surface area contributed by atoms with Crippen molar-refractivity contribution in [1.82, 2.24) is 0 Å². The van der Waals surface area contributed by atoms with Gasteiger partial charge in [-0.3, -0.25) is 0 Å². The third-order valence-electron chi connectivity index (χ3n) is 2.16. The molecule has 0 radical (unpaired) electrons. The molecule has 15 heavy (non-hydrogen) atoms. The molecule has 2 unspecified atom stereocenters. The Hall–Kier alpha value is 2.09. The quantitative estimate of drug-likeness (QED) is 0.319. The molecule has 0 nitrogen and oxygen atoms in total. The summed E-state index contributed by atoms with van der Waals surface area (Å²) in [6.07, 6.45) is 0. The summed E-state index contributed by atoms with van der Waals surface area (Å²) in [5.74, 6) is 5.84. The zero-order valence-corrected chi connectivity index (χ0v) is 14.7. The Kier molecular flexibility index (Phi) is 7.42. The zero-order chi connectivity index (χ0) is 10.3. The molecule has 2 heterocycles. The average molecular weight is 392 g/mol. The minimum absolute atomic E-state index is 0.969. The summed E-state index contributed by atoms with van der Waals surface area (Å²) in [6, 6.07) is 0. The molecule has 0 N–H and O–H groups in total. The molecule has 0 aliphatic carbocycles. The molecule has 0 spiro atoms. The van der Waals surface area contributed by atoms with Crippen LogP contribution in [0.1, 0.15) is 0 Å². The monoisotopic (exact) mass is 394 g/mol. The van der Waals surface area contributed by atoms with Crippen LogP contribution in [0.4, 0.5) is 0 Å². The fraction of sp³-hybridized carbons (Fsp3) is 1.00. The van der Waals surface area contributed by atoms with Gasteiger partial charge in [0, 0.05) is 0 Å². The van der Waals surface area contributed by atoms with Crippen molar-refractivity contribution in [2.45, 2.75) is 31.8 Å². The first kappa shape index (κ1) is 13.5. The molecule has 0 bridgehead atoms. The molecule has 2 rings (SSSR count). The van der Waals surface area contributed by atoms with Crippen molar-refractivity contribution in [3.63, 3.8) is 0 Å². The van der Waals surface area contributed by atoms with Crippen LogP contribution in [0, 0.1) is 0 Å². The van der Waals surface area contributed by atoms with Crippen LogP contribution < -0.4 is 0 Å². The minimum atomic E-state index is 0.969. The Balaban J connectivity index is 1.23. The second-order valence-electron chi connectivity index (χ2n) is 3.67. The molecule has 2 aliphatic heterocycles. The molecule has 0 aromatic rings. The van der Waals surface area contributed by atoms with Gasteiger partial charge < -0.3 is 0 Å². The molecule has 0 saturated carbocycles. The molecule has 2 aliphatic rings. The number of thioether (sulfide) groups is 3. The van der Waals surface area contributed by atoms with Gasteiger partial charge in [0.05, 0.1) is 0 Å². The fourth-order valence-electron chi connectivity index (χ4n) is 1.10. The summed E-state index contributed by atoms with van der Waals surface area (Å²) in [4.78, 5) is 0. The Morgan fingerprint density at radius 1 is 0.933 bits per heavy atom. The summed E-state index contributed by atoms with van der Waals surface area (Å²) in [5.41, 5.74) is 0. The Morgan fingerprint density at radius 3 is 1.80 bits per heavy atom. The number of hydrogen-bond donors (Lipinski definition) is 0. The van der Waals surface area contributed by atoms with Gasteiger partial charge in [0.15, 0.2) is 0 Å². The van der Waals surface area contributed by atoms with Crippen LogP contribution in [-0.4, -0.2) is 63.4 Å². The summed E-state index contributed by atoms with van der Waals surface area (Å²) in [5, 5.41) is 8.35. The van der Waals surface area contributed by atoms with Gasteiger partial charge in [0.1, 0.15) is 0 Å². The van der Waals surface area contributed by atoms with E-state index in [0.717, 1.165) is 40.4 Å². The van der Waals surface area contributed by atoms with E-state index in [0.29, 0.717) is 0 Å². The Bertz CT molecular complexity index is 154. The summed E-state index contributed by atoms with van der Waals surface area (Å²) in [6.45, 7) is 0. The van der Waals surface area contributed by atoms with Crippen LogP contribution in [0.2, 0.25) is 21.3 Å². The van der Waals surface area contributed by atoms with Crippen molar-refractivity contribution in [1.29, 1.82) is 0 Å². The van der Waals surface area contributed by atoms with Gasteiger partial charge in [-0.05, 0) is 0 Å². The number of hydrogen-bond acceptors (Lipinski definition) is 3. The first-order chi connectivity index (χ1) is 7.45. The Labute approximate surface area is 119 Å². The van der Waals surface area contributed by atoms with Gasteiger partial charge in [-0.2, -0.15) is 0 Å². The van der Waals surface area contributed by atoms with Crippen LogP contribution in [0.25, 0.3) is 0 Å². The first-order valence-electron chi connectivity index (χ1n) is 5.41. The van der Waals surface area contributed by atoms with E-state index in [2.05, 4.69) is 35.3 Å². The predicted octanol–water partition coefficient (Wildman–Crippen LogP) is 3.03. The topological polar surface area (TPSA) is 0 Å². The van der Waals surface area contributed by atoms with Crippen molar-refractivity contribution in [2.75, 3.05) is 23.0 Å². The van der Waals surface area contributed by atoms with Gasteiger partial charge in [0.2, 0.25) is 0 Å². The van der Waals surface area contributed by atoms with Crippen LogP contribution in [0.5, 0.6) is 0 Å². The van der Waals surface area contributed by atoms with E-state index in [1.807, 2.05) is 0 Å². The Morgan fingerprint density at radius 2 is 1.40 bits per heavy atom. The third kappa shape index (κ3) is 7.91. The van der Waals surface area contributed by atoms with E-state index in [4.69, 9.17) is 0 Å². The van der Waals surface area contributed by atoms with Crippen molar-refractivity contribution in [3.8, 4) is 0 Å². The SMILES string of the molecule is C(C[Se]CC1CS1)SCC[Se]CC1CS1. The molecular formula is C10H18S3Se2. The van der Waals surface area contributed by atoms with E-state index in [-0.39, 0.29) is 0 Å². The first-order valence-corrected chi connectivity index (χ1v) is 13.5. The van der Waals surface area contributed by atoms with E-state index < -0.39 is 0 Å². The molecule has 0 aromatic carbocycles. The third-order valence-corrected chi connectivity index (χ3v) is 11.9. The van der Waals surface area contributed by atoms with Gasteiger partial charge >= 0.3 is 120 Å². The van der Waals surface area contributed by atoms with Gasteiger partial charge in [-0.25, -0.2) is 0 Å². The predicted molar refractivity (Wildman–Crippen MR) is 80.6 cm³/mol. The summed E-state index contributed by atoms with van der Waals surface area (Å²) in [7, 11) is 0. The second-order valence-corrected chi connectivity index (χ2v) is 12.4. The van der Waals surface area contributed by atoms with Gasteiger partial charge in [-0.15, -0.1) is 0 Å². The van der Waals surface area contributed by atoms with Crippen molar-refractivity contribution >= 4 is 65.2 Å². The molecule has 88 valence electrons. The molecular weight excluding hydrogens is 374 g/mol. The molecule has 2 atom stereocenters. The zero-order valence-electron chi connectivity index (χ0n) is 8.85. The standard InChI is InChI=1S/C10H18S3Se2/c1(3-14-7-9-5-12-9)11-2-4-15-8-10-6-13-10/h9-10H,1-8H2. The van der Waals surface area contributed by atoms with Gasteiger partial charge in [0.25, 0.3) is 0 Å². The molecule has 5 heteroatoms. The molecule has 0 amide bonds. The van der Waals surface area contributed by atoms with Gasteiger partial charge in [-0.1, -0.05) is 0 Å². The summed E-state index contributed by atoms with van der Waals surface area (Å²) >= 11 is 8.48. The normalized spacial score (nSPS) is 28.0. The number of rotatable bonds is 10. The van der Waals surface area contributed by atoms with E-state index in [1.54, 1.807) is 10.6 Å². The fourth-order valence-corrected chi connectivity index (χ4v) is 10.6. The van der Waals surface area contributed by atoms with E-state index in [9.17, 15) is 0 Å². The van der Waals surface area contributed by atoms with E-state index >= 15 is 0 Å². The van der Waals surface area contributed by atoms with Crippen LogP contribution in [0.15, 0.2) is 0 Å². The van der Waals surface area contributed by atoms with Crippen LogP contribution >= 0.6 is 35.3 Å². The van der Waals surface area contributed by atoms with E-state index in [1.165, 1.54) is 33.6 Å². The van der Waals surface area contributed by atoms with Crippen molar-refractivity contribution in [3.05, 3.63) is 0 Å². The average Bonchev–Trinajstić information content (AvgIpc) is 3.10. The maximum absolute atomic E-state index is 2.22. The molecule has 0 aromatic heterocycles. The molecule has 2 fully saturated rings. The summed E-state index contributed by atoms with van der Waals surface area (Å²) < 4.78 is 0. The molecule has 2 saturated heterocycles. The van der Waals surface area contributed by atoms with Crippen LogP contribution in [-0.2, 0) is 0 Å². The maximum atomic E-state index is 2.22.